The molecule has 0 aliphatic heterocycles. The second-order valence-electron chi connectivity index (χ2n) is 6.31. The van der Waals surface area contributed by atoms with Crippen LogP contribution in [0.15, 0.2) is 78.9 Å². The number of hydrogen-bond donors (Lipinski definition) is 1. The van der Waals surface area contributed by atoms with Crippen molar-refractivity contribution in [1.82, 2.24) is 0 Å². The number of hydrogen-bond acceptors (Lipinski definition) is 3. The van der Waals surface area contributed by atoms with Gasteiger partial charge in [0, 0.05) is 21.9 Å². The molecule has 0 bridgehead atoms. The second-order valence-corrected chi connectivity index (χ2v) is 8.08. The Balaban J connectivity index is 1.73. The van der Waals surface area contributed by atoms with Gasteiger partial charge in [-0.25, -0.2) is 0 Å². The van der Waals surface area contributed by atoms with Crippen LogP contribution in [0.25, 0.3) is 0 Å². The van der Waals surface area contributed by atoms with Gasteiger partial charge in [0.1, 0.15) is 0 Å². The zero-order valence-electron chi connectivity index (χ0n) is 15.4. The maximum atomic E-state index is 12.9. The predicted molar refractivity (Wildman–Crippen MR) is 117 cm³/mol. The number of nitrogens with one attached hydrogen (secondary N) is 1. The molecule has 0 aromatic heterocycles. The highest BCUT2D eigenvalue weighted by atomic mass is 35.5. The number of carbonyl (C=O) groups is 2. The molecule has 0 saturated carbocycles. The van der Waals surface area contributed by atoms with Gasteiger partial charge in [-0.2, -0.15) is 0 Å². The van der Waals surface area contributed by atoms with E-state index in [1.165, 1.54) is 5.56 Å². The minimum atomic E-state index is -0.268. The zero-order valence-corrected chi connectivity index (χ0v) is 17.0. The molecule has 0 fully saturated rings. The van der Waals surface area contributed by atoms with E-state index in [1.807, 2.05) is 43.3 Å². The molecule has 3 rings (SSSR count). The van der Waals surface area contributed by atoms with Crippen molar-refractivity contribution in [3.8, 4) is 0 Å². The van der Waals surface area contributed by atoms with Crippen LogP contribution < -0.4 is 5.32 Å². The number of anilines is 1. The summed E-state index contributed by atoms with van der Waals surface area (Å²) in [5, 5.41) is 3.07. The van der Waals surface area contributed by atoms with E-state index in [2.05, 4.69) is 5.32 Å². The Morgan fingerprint density at radius 3 is 2.29 bits per heavy atom. The summed E-state index contributed by atoms with van der Waals surface area (Å²) < 4.78 is 0. The average molecular weight is 410 g/mol. The Kier molecular flexibility index (Phi) is 6.90. The number of carbonyl (C=O) groups excluding carboxylic acids is 2. The number of ketones is 1. The first-order chi connectivity index (χ1) is 13.5. The van der Waals surface area contributed by atoms with Gasteiger partial charge in [-0.05, 0) is 30.7 Å². The van der Waals surface area contributed by atoms with Gasteiger partial charge in [-0.15, -0.1) is 11.8 Å². The third-order valence-electron chi connectivity index (χ3n) is 4.23. The Morgan fingerprint density at radius 2 is 1.61 bits per heavy atom. The molecule has 0 spiro atoms. The van der Waals surface area contributed by atoms with Crippen molar-refractivity contribution in [2.75, 3.05) is 5.32 Å². The average Bonchev–Trinajstić information content (AvgIpc) is 2.74. The van der Waals surface area contributed by atoms with E-state index in [1.54, 1.807) is 54.2 Å². The molecule has 1 amide bonds. The molecular weight excluding hydrogens is 390 g/mol. The number of halogens is 1. The molecule has 1 N–H and O–H groups in total. The van der Waals surface area contributed by atoms with Crippen molar-refractivity contribution in [2.45, 2.75) is 17.9 Å². The van der Waals surface area contributed by atoms with Gasteiger partial charge >= 0.3 is 0 Å². The van der Waals surface area contributed by atoms with Gasteiger partial charge < -0.3 is 5.32 Å². The Hall–Kier alpha value is -2.56. The summed E-state index contributed by atoms with van der Waals surface area (Å²) >= 11 is 7.64. The van der Waals surface area contributed by atoms with Crippen molar-refractivity contribution in [3.63, 3.8) is 0 Å². The maximum Gasteiger partial charge on any atom is 0.237 e. The lowest BCUT2D eigenvalue weighted by Gasteiger charge is -2.15. The first kappa shape index (κ1) is 20.2. The van der Waals surface area contributed by atoms with Crippen LogP contribution >= 0.6 is 23.4 Å². The summed E-state index contributed by atoms with van der Waals surface area (Å²) in [5.41, 5.74) is 2.56. The first-order valence-corrected chi connectivity index (χ1v) is 10.3. The number of thioether (sulfide) groups is 1. The first-order valence-electron chi connectivity index (χ1n) is 8.90. The topological polar surface area (TPSA) is 46.2 Å². The molecule has 0 radical (unpaired) electrons. The predicted octanol–water partition coefficient (Wildman–Crippen LogP) is 5.83. The van der Waals surface area contributed by atoms with Crippen LogP contribution in [0.5, 0.6) is 0 Å². The van der Waals surface area contributed by atoms with Gasteiger partial charge in [0.25, 0.3) is 0 Å². The van der Waals surface area contributed by atoms with Gasteiger partial charge in [0.2, 0.25) is 5.91 Å². The van der Waals surface area contributed by atoms with Crippen molar-refractivity contribution in [1.29, 1.82) is 0 Å². The van der Waals surface area contributed by atoms with E-state index in [4.69, 9.17) is 11.6 Å². The minimum Gasteiger partial charge on any atom is -0.324 e. The summed E-state index contributed by atoms with van der Waals surface area (Å²) in [6.45, 7) is 1.86. The smallest absolute Gasteiger partial charge is 0.237 e. The number of benzene rings is 3. The monoisotopic (exact) mass is 409 g/mol. The highest BCUT2D eigenvalue weighted by Gasteiger charge is 2.19. The van der Waals surface area contributed by atoms with Crippen molar-refractivity contribution >= 4 is 40.7 Å². The second kappa shape index (κ2) is 9.58. The van der Waals surface area contributed by atoms with E-state index in [-0.39, 0.29) is 16.9 Å². The Bertz CT molecular complexity index is 961. The summed E-state index contributed by atoms with van der Waals surface area (Å²) in [6, 6.07) is 23.9. The zero-order chi connectivity index (χ0) is 19.9. The number of rotatable bonds is 7. The van der Waals surface area contributed by atoms with Crippen molar-refractivity contribution in [2.24, 2.45) is 0 Å². The van der Waals surface area contributed by atoms with Gasteiger partial charge in [-0.1, -0.05) is 72.3 Å². The highest BCUT2D eigenvalue weighted by molar-refractivity contribution is 7.99. The van der Waals surface area contributed by atoms with E-state index in [0.717, 1.165) is 5.75 Å². The summed E-state index contributed by atoms with van der Waals surface area (Å²) in [5.74, 6) is 0.416. The molecule has 0 unspecified atom stereocenters. The molecule has 0 saturated heterocycles. The number of amides is 1. The van der Waals surface area contributed by atoms with Crippen LogP contribution in [0.4, 0.5) is 5.69 Å². The molecule has 3 aromatic carbocycles. The van der Waals surface area contributed by atoms with Crippen LogP contribution in [0.1, 0.15) is 28.4 Å². The molecule has 0 heterocycles. The lowest BCUT2D eigenvalue weighted by Crippen LogP contribution is -2.24. The van der Waals surface area contributed by atoms with E-state index >= 15 is 0 Å². The van der Waals surface area contributed by atoms with Gasteiger partial charge in [0.15, 0.2) is 5.78 Å². The SMILES string of the molecule is C[C@H](SCc1ccccc1)C(=O)Nc1ccc(Cl)cc1C(=O)c1ccccc1. The molecule has 3 nitrogen and oxygen atoms in total. The quantitative estimate of drug-likeness (QED) is 0.499. The fourth-order valence-electron chi connectivity index (χ4n) is 2.66. The fourth-order valence-corrected chi connectivity index (χ4v) is 3.68. The lowest BCUT2D eigenvalue weighted by atomic mass is 10.0. The largest absolute Gasteiger partial charge is 0.324 e. The van der Waals surface area contributed by atoms with E-state index in [9.17, 15) is 9.59 Å². The standard InChI is InChI=1S/C23H20ClNO2S/c1-16(28-15-17-8-4-2-5-9-17)23(27)25-21-13-12-19(24)14-20(21)22(26)18-10-6-3-7-11-18/h2-14,16H,15H2,1H3,(H,25,27)/t16-/m0/s1. The van der Waals surface area contributed by atoms with Crippen LogP contribution in [0.3, 0.4) is 0 Å². The molecule has 5 heteroatoms. The molecule has 28 heavy (non-hydrogen) atoms. The van der Waals surface area contributed by atoms with E-state index in [0.29, 0.717) is 21.8 Å². The summed E-state index contributed by atoms with van der Waals surface area (Å²) in [4.78, 5) is 25.5. The molecular formula is C23H20ClNO2S. The minimum absolute atomic E-state index is 0.148. The Morgan fingerprint density at radius 1 is 0.964 bits per heavy atom. The highest BCUT2D eigenvalue weighted by Crippen LogP contribution is 2.25. The van der Waals surface area contributed by atoms with Crippen LogP contribution in [-0.2, 0) is 10.5 Å². The third-order valence-corrected chi connectivity index (χ3v) is 5.68. The fraction of sp³-hybridized carbons (Fsp3) is 0.130. The molecule has 0 aliphatic carbocycles. The van der Waals surface area contributed by atoms with Gasteiger partial charge in [-0.3, -0.25) is 9.59 Å². The molecule has 0 aliphatic rings. The maximum absolute atomic E-state index is 12.9. The van der Waals surface area contributed by atoms with E-state index < -0.39 is 0 Å². The Labute approximate surface area is 174 Å². The van der Waals surface area contributed by atoms with Crippen molar-refractivity contribution < 1.29 is 9.59 Å². The molecule has 1 atom stereocenters. The third kappa shape index (κ3) is 5.24. The molecule has 3 aromatic rings. The summed E-state index contributed by atoms with van der Waals surface area (Å²) in [7, 11) is 0. The van der Waals surface area contributed by atoms with Gasteiger partial charge in [0.05, 0.1) is 10.9 Å². The van der Waals surface area contributed by atoms with Crippen LogP contribution in [0, 0.1) is 0 Å². The summed E-state index contributed by atoms with van der Waals surface area (Å²) in [6.07, 6.45) is 0. The van der Waals surface area contributed by atoms with Crippen molar-refractivity contribution in [3.05, 3.63) is 101 Å². The lowest BCUT2D eigenvalue weighted by molar-refractivity contribution is -0.115. The van der Waals surface area contributed by atoms with Crippen LogP contribution in [0.2, 0.25) is 5.02 Å². The normalized spacial score (nSPS) is 11.6. The van der Waals surface area contributed by atoms with Crippen LogP contribution in [-0.4, -0.2) is 16.9 Å². The molecule has 142 valence electrons.